The van der Waals surface area contributed by atoms with Crippen LogP contribution in [0.3, 0.4) is 0 Å². The number of aromatic nitrogens is 2. The van der Waals surface area contributed by atoms with Gasteiger partial charge in [0.1, 0.15) is 16.8 Å². The molecule has 0 saturated heterocycles. The third-order valence-electron chi connectivity index (χ3n) is 2.61. The van der Waals surface area contributed by atoms with Crippen molar-refractivity contribution in [1.29, 1.82) is 0 Å². The SMILES string of the molecule is COc1cccc(NC(=O)Cn2cnc(Cl)c(Br)c2=O)c1. The number of nitrogens with zero attached hydrogens (tertiary/aromatic N) is 2. The Morgan fingerprint density at radius 2 is 2.29 bits per heavy atom. The maximum absolute atomic E-state index is 11.9. The largest absolute Gasteiger partial charge is 0.497 e. The van der Waals surface area contributed by atoms with Gasteiger partial charge in [-0.1, -0.05) is 17.7 Å². The third-order valence-corrected chi connectivity index (χ3v) is 3.84. The minimum atomic E-state index is -0.421. The topological polar surface area (TPSA) is 73.2 Å². The highest BCUT2D eigenvalue weighted by atomic mass is 79.9. The zero-order chi connectivity index (χ0) is 15.4. The summed E-state index contributed by atoms with van der Waals surface area (Å²) in [5.41, 5.74) is 0.157. The molecule has 1 aromatic heterocycles. The number of hydrogen-bond donors (Lipinski definition) is 1. The monoisotopic (exact) mass is 371 g/mol. The second-order valence-corrected chi connectivity index (χ2v) is 5.21. The first-order valence-electron chi connectivity index (χ1n) is 5.85. The lowest BCUT2D eigenvalue weighted by atomic mass is 10.3. The summed E-state index contributed by atoms with van der Waals surface area (Å²) in [4.78, 5) is 27.6. The van der Waals surface area contributed by atoms with Crippen LogP contribution < -0.4 is 15.6 Å². The molecule has 0 saturated carbocycles. The lowest BCUT2D eigenvalue weighted by molar-refractivity contribution is -0.116. The van der Waals surface area contributed by atoms with E-state index in [-0.39, 0.29) is 22.1 Å². The summed E-state index contributed by atoms with van der Waals surface area (Å²) >= 11 is 8.73. The fraction of sp³-hybridized carbons (Fsp3) is 0.154. The Labute approximate surface area is 133 Å². The number of carbonyl (C=O) groups excluding carboxylic acids is 1. The molecule has 0 aliphatic rings. The van der Waals surface area contributed by atoms with E-state index in [0.717, 1.165) is 4.57 Å². The minimum Gasteiger partial charge on any atom is -0.497 e. The number of anilines is 1. The van der Waals surface area contributed by atoms with Crippen molar-refractivity contribution in [2.75, 3.05) is 12.4 Å². The van der Waals surface area contributed by atoms with Crippen LogP contribution in [0.2, 0.25) is 5.15 Å². The van der Waals surface area contributed by atoms with Crippen molar-refractivity contribution in [2.45, 2.75) is 6.54 Å². The van der Waals surface area contributed by atoms with Crippen LogP contribution in [0, 0.1) is 0 Å². The highest BCUT2D eigenvalue weighted by molar-refractivity contribution is 9.10. The molecule has 1 amide bonds. The van der Waals surface area contributed by atoms with E-state index >= 15 is 0 Å². The first-order valence-corrected chi connectivity index (χ1v) is 7.02. The summed E-state index contributed by atoms with van der Waals surface area (Å²) in [6.45, 7) is -0.168. The van der Waals surface area contributed by atoms with E-state index in [9.17, 15) is 9.59 Å². The van der Waals surface area contributed by atoms with Crippen molar-refractivity contribution in [1.82, 2.24) is 9.55 Å². The van der Waals surface area contributed by atoms with Gasteiger partial charge < -0.3 is 10.1 Å². The van der Waals surface area contributed by atoms with Gasteiger partial charge in [-0.2, -0.15) is 0 Å². The number of nitrogens with one attached hydrogen (secondary N) is 1. The van der Waals surface area contributed by atoms with Gasteiger partial charge in [-0.05, 0) is 28.1 Å². The van der Waals surface area contributed by atoms with Crippen molar-refractivity contribution in [3.63, 3.8) is 0 Å². The van der Waals surface area contributed by atoms with Gasteiger partial charge in [0.15, 0.2) is 5.15 Å². The number of benzene rings is 1. The predicted octanol–water partition coefficient (Wildman–Crippen LogP) is 2.31. The van der Waals surface area contributed by atoms with Gasteiger partial charge in [0, 0.05) is 11.8 Å². The van der Waals surface area contributed by atoms with Crippen LogP contribution >= 0.6 is 27.5 Å². The van der Waals surface area contributed by atoms with E-state index in [0.29, 0.717) is 11.4 Å². The lowest BCUT2D eigenvalue weighted by Gasteiger charge is -2.08. The molecule has 0 aliphatic carbocycles. The molecule has 2 rings (SSSR count). The maximum Gasteiger partial charge on any atom is 0.269 e. The van der Waals surface area contributed by atoms with Gasteiger partial charge in [-0.3, -0.25) is 14.2 Å². The Kier molecular flexibility index (Phi) is 4.98. The number of methoxy groups -OCH3 is 1. The number of ether oxygens (including phenoxy) is 1. The average Bonchev–Trinajstić information content (AvgIpc) is 2.48. The lowest BCUT2D eigenvalue weighted by Crippen LogP contribution is -2.28. The minimum absolute atomic E-state index is 0.0597. The first kappa shape index (κ1) is 15.5. The predicted molar refractivity (Wildman–Crippen MR) is 82.8 cm³/mol. The molecule has 0 atom stereocenters. The molecule has 1 aromatic carbocycles. The van der Waals surface area contributed by atoms with Crippen LogP contribution in [-0.4, -0.2) is 22.6 Å². The van der Waals surface area contributed by atoms with Crippen LogP contribution in [0.4, 0.5) is 5.69 Å². The molecule has 0 fully saturated rings. The normalized spacial score (nSPS) is 10.2. The van der Waals surface area contributed by atoms with Crippen molar-refractivity contribution >= 4 is 39.1 Å². The molecule has 0 spiro atoms. The molecule has 1 N–H and O–H groups in total. The quantitative estimate of drug-likeness (QED) is 0.836. The first-order chi connectivity index (χ1) is 10.0. The third kappa shape index (κ3) is 3.83. The summed E-state index contributed by atoms with van der Waals surface area (Å²) in [7, 11) is 1.54. The maximum atomic E-state index is 11.9. The van der Waals surface area contributed by atoms with Crippen LogP contribution in [0.5, 0.6) is 5.75 Å². The Hall–Kier alpha value is -1.86. The fourth-order valence-electron chi connectivity index (χ4n) is 1.61. The number of hydrogen-bond acceptors (Lipinski definition) is 4. The second-order valence-electron chi connectivity index (χ2n) is 4.06. The molecule has 110 valence electrons. The van der Waals surface area contributed by atoms with Gasteiger partial charge >= 0.3 is 0 Å². The second kappa shape index (κ2) is 6.73. The van der Waals surface area contributed by atoms with Gasteiger partial charge in [-0.15, -0.1) is 0 Å². The molecule has 0 unspecified atom stereocenters. The standard InChI is InChI=1S/C13H11BrClN3O3/c1-21-9-4-2-3-8(5-9)17-10(19)6-18-7-16-12(15)11(14)13(18)20/h2-5,7H,6H2,1H3,(H,17,19). The van der Waals surface area contributed by atoms with Crippen molar-refractivity contribution in [2.24, 2.45) is 0 Å². The number of amides is 1. The molecular formula is C13H11BrClN3O3. The molecule has 8 heteroatoms. The van der Waals surface area contributed by atoms with Crippen LogP contribution in [0.1, 0.15) is 0 Å². The van der Waals surface area contributed by atoms with Crippen molar-refractivity contribution in [3.8, 4) is 5.75 Å². The molecule has 0 aliphatic heterocycles. The Morgan fingerprint density at radius 3 is 3.00 bits per heavy atom. The van der Waals surface area contributed by atoms with Crippen LogP contribution in [0.25, 0.3) is 0 Å². The van der Waals surface area contributed by atoms with E-state index in [1.165, 1.54) is 13.4 Å². The van der Waals surface area contributed by atoms with Gasteiger partial charge in [0.05, 0.1) is 13.4 Å². The fourth-order valence-corrected chi connectivity index (χ4v) is 2.07. The average molecular weight is 373 g/mol. The Bertz CT molecular complexity index is 733. The molecule has 2 aromatic rings. The molecule has 1 heterocycles. The van der Waals surface area contributed by atoms with E-state index in [1.54, 1.807) is 24.3 Å². The summed E-state index contributed by atoms with van der Waals surface area (Å²) in [6.07, 6.45) is 1.22. The summed E-state index contributed by atoms with van der Waals surface area (Å²) < 4.78 is 6.35. The summed E-state index contributed by atoms with van der Waals surface area (Å²) in [5.74, 6) is 0.266. The molecule has 0 radical (unpaired) electrons. The highest BCUT2D eigenvalue weighted by Crippen LogP contribution is 2.17. The summed E-state index contributed by atoms with van der Waals surface area (Å²) in [6, 6.07) is 6.91. The molecule has 21 heavy (non-hydrogen) atoms. The van der Waals surface area contributed by atoms with E-state index in [1.807, 2.05) is 0 Å². The van der Waals surface area contributed by atoms with Crippen LogP contribution in [-0.2, 0) is 11.3 Å². The van der Waals surface area contributed by atoms with Gasteiger partial charge in [0.25, 0.3) is 5.56 Å². The molecule has 6 nitrogen and oxygen atoms in total. The number of rotatable bonds is 4. The van der Waals surface area contributed by atoms with Gasteiger partial charge in [0.2, 0.25) is 5.91 Å². The Morgan fingerprint density at radius 1 is 1.52 bits per heavy atom. The number of halogens is 2. The summed E-state index contributed by atoms with van der Waals surface area (Å²) in [5, 5.41) is 2.73. The smallest absolute Gasteiger partial charge is 0.269 e. The highest BCUT2D eigenvalue weighted by Gasteiger charge is 2.10. The number of carbonyl (C=O) groups is 1. The van der Waals surface area contributed by atoms with Crippen LogP contribution in [0.15, 0.2) is 39.9 Å². The van der Waals surface area contributed by atoms with Gasteiger partial charge in [-0.25, -0.2) is 4.98 Å². The van der Waals surface area contributed by atoms with E-state index in [2.05, 4.69) is 26.2 Å². The van der Waals surface area contributed by atoms with Crippen molar-refractivity contribution in [3.05, 3.63) is 50.6 Å². The Balaban J connectivity index is 2.12. The van der Waals surface area contributed by atoms with E-state index in [4.69, 9.17) is 16.3 Å². The molecule has 0 bridgehead atoms. The zero-order valence-corrected chi connectivity index (χ0v) is 13.3. The van der Waals surface area contributed by atoms with Crippen molar-refractivity contribution < 1.29 is 9.53 Å². The van der Waals surface area contributed by atoms with E-state index < -0.39 is 5.56 Å². The molecular weight excluding hydrogens is 362 g/mol. The zero-order valence-electron chi connectivity index (χ0n) is 11.0.